The molecule has 90 valence electrons. The lowest BCUT2D eigenvalue weighted by Gasteiger charge is -2.03. The Labute approximate surface area is 93.3 Å². The van der Waals surface area contributed by atoms with Crippen molar-refractivity contribution in [3.63, 3.8) is 0 Å². The first-order chi connectivity index (χ1) is 7.27. The van der Waals surface area contributed by atoms with E-state index in [1.165, 1.54) is 25.7 Å². The summed E-state index contributed by atoms with van der Waals surface area (Å²) in [5.74, 6) is -0.678. The van der Waals surface area contributed by atoms with E-state index in [4.69, 9.17) is 5.11 Å². The Morgan fingerprint density at radius 3 is 2.13 bits per heavy atom. The number of carboxylic acids is 1. The molecule has 0 aliphatic carbocycles. The summed E-state index contributed by atoms with van der Waals surface area (Å²) in [4.78, 5) is 10.2. The van der Waals surface area contributed by atoms with Gasteiger partial charge >= 0.3 is 5.97 Å². The Hall–Kier alpha value is -0.570. The molecule has 0 amide bonds. The molecular formula is C12H25NO2. The number of hydrogen-bond acceptors (Lipinski definition) is 2. The molecule has 0 spiro atoms. The molecule has 3 nitrogen and oxygen atoms in total. The zero-order valence-corrected chi connectivity index (χ0v) is 9.93. The molecule has 0 aliphatic heterocycles. The van der Waals surface area contributed by atoms with Crippen molar-refractivity contribution < 1.29 is 9.90 Å². The lowest BCUT2D eigenvalue weighted by atomic mass is 10.2. The topological polar surface area (TPSA) is 49.3 Å². The van der Waals surface area contributed by atoms with Gasteiger partial charge in [0.1, 0.15) is 0 Å². The standard InChI is InChI=1S/C12H25NO2/c1-2-3-4-7-10-13-11-8-5-6-9-12(14)15/h13H,2-11H2,1H3,(H,14,15). The largest absolute Gasteiger partial charge is 0.481 e. The van der Waals surface area contributed by atoms with Crippen LogP contribution in [0.3, 0.4) is 0 Å². The molecule has 0 saturated heterocycles. The lowest BCUT2D eigenvalue weighted by Crippen LogP contribution is -2.16. The molecule has 0 saturated carbocycles. The van der Waals surface area contributed by atoms with Crippen molar-refractivity contribution in [2.45, 2.75) is 58.3 Å². The van der Waals surface area contributed by atoms with Crippen LogP contribution in [0.2, 0.25) is 0 Å². The third-order valence-corrected chi connectivity index (χ3v) is 2.45. The summed E-state index contributed by atoms with van der Waals surface area (Å²) >= 11 is 0. The highest BCUT2D eigenvalue weighted by atomic mass is 16.4. The number of hydrogen-bond donors (Lipinski definition) is 2. The Morgan fingerprint density at radius 1 is 1.00 bits per heavy atom. The fraction of sp³-hybridized carbons (Fsp3) is 0.917. The van der Waals surface area contributed by atoms with Gasteiger partial charge in [0.05, 0.1) is 0 Å². The lowest BCUT2D eigenvalue weighted by molar-refractivity contribution is -0.137. The highest BCUT2D eigenvalue weighted by Gasteiger charge is 1.95. The van der Waals surface area contributed by atoms with Crippen molar-refractivity contribution >= 4 is 5.97 Å². The van der Waals surface area contributed by atoms with E-state index in [9.17, 15) is 4.79 Å². The molecule has 0 aromatic rings. The molecule has 0 aromatic heterocycles. The smallest absolute Gasteiger partial charge is 0.303 e. The SMILES string of the molecule is CCCCCCNCCCCCC(=O)O. The quantitative estimate of drug-likeness (QED) is 0.521. The second kappa shape index (κ2) is 11.5. The Balaban J connectivity index is 2.89. The molecule has 0 fully saturated rings. The van der Waals surface area contributed by atoms with E-state index in [1.54, 1.807) is 0 Å². The first kappa shape index (κ1) is 14.4. The van der Waals surface area contributed by atoms with Gasteiger partial charge in [-0.3, -0.25) is 4.79 Å². The van der Waals surface area contributed by atoms with Gasteiger partial charge < -0.3 is 10.4 Å². The molecule has 15 heavy (non-hydrogen) atoms. The van der Waals surface area contributed by atoms with Crippen molar-refractivity contribution in [3.8, 4) is 0 Å². The second-order valence-electron chi connectivity index (χ2n) is 4.02. The molecule has 0 bridgehead atoms. The zero-order chi connectivity index (χ0) is 11.4. The minimum Gasteiger partial charge on any atom is -0.481 e. The second-order valence-corrected chi connectivity index (χ2v) is 4.02. The summed E-state index contributed by atoms with van der Waals surface area (Å²) in [5.41, 5.74) is 0. The Kier molecular flexibility index (Phi) is 11.1. The predicted octanol–water partition coefficient (Wildman–Crippen LogP) is 2.80. The van der Waals surface area contributed by atoms with E-state index in [1.807, 2.05) is 0 Å². The van der Waals surface area contributed by atoms with Gasteiger partial charge in [0.15, 0.2) is 0 Å². The Morgan fingerprint density at radius 2 is 1.60 bits per heavy atom. The highest BCUT2D eigenvalue weighted by molar-refractivity contribution is 5.66. The van der Waals surface area contributed by atoms with Gasteiger partial charge in [0.25, 0.3) is 0 Å². The number of nitrogens with one attached hydrogen (secondary N) is 1. The normalized spacial score (nSPS) is 10.5. The first-order valence-corrected chi connectivity index (χ1v) is 6.20. The third-order valence-electron chi connectivity index (χ3n) is 2.45. The van der Waals surface area contributed by atoms with E-state index >= 15 is 0 Å². The monoisotopic (exact) mass is 215 g/mol. The minimum absolute atomic E-state index is 0.316. The van der Waals surface area contributed by atoms with Crippen LogP contribution < -0.4 is 5.32 Å². The van der Waals surface area contributed by atoms with Crippen molar-refractivity contribution in [1.82, 2.24) is 5.32 Å². The number of unbranched alkanes of at least 4 members (excludes halogenated alkanes) is 5. The average Bonchev–Trinajstić information content (AvgIpc) is 2.20. The minimum atomic E-state index is -0.678. The first-order valence-electron chi connectivity index (χ1n) is 6.20. The fourth-order valence-electron chi connectivity index (χ4n) is 1.50. The maximum atomic E-state index is 10.2. The highest BCUT2D eigenvalue weighted by Crippen LogP contribution is 1.99. The van der Waals surface area contributed by atoms with Gasteiger partial charge in [0, 0.05) is 6.42 Å². The number of carbonyl (C=O) groups is 1. The predicted molar refractivity (Wildman–Crippen MR) is 63.1 cm³/mol. The average molecular weight is 215 g/mol. The van der Waals surface area contributed by atoms with Crippen LogP contribution in [0.1, 0.15) is 58.3 Å². The number of rotatable bonds is 11. The van der Waals surface area contributed by atoms with Crippen LogP contribution in [0, 0.1) is 0 Å². The molecule has 0 unspecified atom stereocenters. The van der Waals surface area contributed by atoms with E-state index in [0.29, 0.717) is 6.42 Å². The van der Waals surface area contributed by atoms with Gasteiger partial charge in [0.2, 0.25) is 0 Å². The molecule has 3 heteroatoms. The van der Waals surface area contributed by atoms with Crippen LogP contribution in [0.15, 0.2) is 0 Å². The molecular weight excluding hydrogens is 190 g/mol. The van der Waals surface area contributed by atoms with E-state index in [0.717, 1.165) is 32.4 Å². The van der Waals surface area contributed by atoms with Crippen molar-refractivity contribution in [1.29, 1.82) is 0 Å². The zero-order valence-electron chi connectivity index (χ0n) is 9.93. The Bertz CT molecular complexity index is 149. The van der Waals surface area contributed by atoms with Gasteiger partial charge in [-0.15, -0.1) is 0 Å². The summed E-state index contributed by atoms with van der Waals surface area (Å²) in [7, 11) is 0. The summed E-state index contributed by atoms with van der Waals surface area (Å²) in [6.07, 6.45) is 8.46. The fourth-order valence-corrected chi connectivity index (χ4v) is 1.50. The third kappa shape index (κ3) is 13.4. The van der Waals surface area contributed by atoms with Crippen LogP contribution in [-0.2, 0) is 4.79 Å². The van der Waals surface area contributed by atoms with Crippen molar-refractivity contribution in [2.75, 3.05) is 13.1 Å². The van der Waals surface area contributed by atoms with E-state index in [-0.39, 0.29) is 0 Å². The molecule has 2 N–H and O–H groups in total. The maximum absolute atomic E-state index is 10.2. The summed E-state index contributed by atoms with van der Waals surface area (Å²) in [6, 6.07) is 0. The number of aliphatic carboxylic acids is 1. The molecule has 0 radical (unpaired) electrons. The van der Waals surface area contributed by atoms with E-state index in [2.05, 4.69) is 12.2 Å². The van der Waals surface area contributed by atoms with Crippen LogP contribution in [-0.4, -0.2) is 24.2 Å². The van der Waals surface area contributed by atoms with Crippen LogP contribution in [0.5, 0.6) is 0 Å². The molecule has 0 rings (SSSR count). The van der Waals surface area contributed by atoms with Gasteiger partial charge in [-0.05, 0) is 32.4 Å². The van der Waals surface area contributed by atoms with Gasteiger partial charge in [-0.2, -0.15) is 0 Å². The molecule has 0 heterocycles. The van der Waals surface area contributed by atoms with Crippen molar-refractivity contribution in [3.05, 3.63) is 0 Å². The van der Waals surface area contributed by atoms with E-state index < -0.39 is 5.97 Å². The van der Waals surface area contributed by atoms with Crippen molar-refractivity contribution in [2.24, 2.45) is 0 Å². The summed E-state index contributed by atoms with van der Waals surface area (Å²) < 4.78 is 0. The van der Waals surface area contributed by atoms with Crippen LogP contribution in [0.25, 0.3) is 0 Å². The summed E-state index contributed by atoms with van der Waals surface area (Å²) in [5, 5.41) is 11.8. The molecule has 0 atom stereocenters. The van der Waals surface area contributed by atoms with Crippen LogP contribution >= 0.6 is 0 Å². The molecule has 0 aromatic carbocycles. The van der Waals surface area contributed by atoms with Gasteiger partial charge in [-0.25, -0.2) is 0 Å². The summed E-state index contributed by atoms with van der Waals surface area (Å²) in [6.45, 7) is 4.36. The van der Waals surface area contributed by atoms with Gasteiger partial charge in [-0.1, -0.05) is 32.6 Å². The van der Waals surface area contributed by atoms with Crippen LogP contribution in [0.4, 0.5) is 0 Å². The molecule has 0 aliphatic rings. The number of carboxylic acid groups (broad SMARTS) is 1. The maximum Gasteiger partial charge on any atom is 0.303 e.